The molecule has 1 atom stereocenters. The molecule has 1 saturated carbocycles. The van der Waals surface area contributed by atoms with Gasteiger partial charge < -0.3 is 14.6 Å². The van der Waals surface area contributed by atoms with E-state index in [0.29, 0.717) is 6.04 Å². The fourth-order valence-electron chi connectivity index (χ4n) is 3.84. The van der Waals surface area contributed by atoms with Crippen LogP contribution in [0.5, 0.6) is 5.75 Å². The summed E-state index contributed by atoms with van der Waals surface area (Å²) in [6, 6.07) is 8.94. The van der Waals surface area contributed by atoms with Gasteiger partial charge in [0.15, 0.2) is 0 Å². The SMILES string of the molecule is Cc1nccn1CCCN[C@@H]1CC2(CCC2)Oc2ccccc21. The van der Waals surface area contributed by atoms with Gasteiger partial charge in [-0.05, 0) is 45.2 Å². The van der Waals surface area contributed by atoms with Crippen LogP contribution in [0.2, 0.25) is 0 Å². The lowest BCUT2D eigenvalue weighted by molar-refractivity contribution is -0.0368. The summed E-state index contributed by atoms with van der Waals surface area (Å²) in [6.45, 7) is 4.10. The largest absolute Gasteiger partial charge is 0.487 e. The normalized spacial score (nSPS) is 21.5. The summed E-state index contributed by atoms with van der Waals surface area (Å²) in [6.07, 6.45) is 9.86. The van der Waals surface area contributed by atoms with Gasteiger partial charge in [-0.3, -0.25) is 0 Å². The first kappa shape index (κ1) is 14.8. The third-order valence-corrected chi connectivity index (χ3v) is 5.35. The quantitative estimate of drug-likeness (QED) is 0.857. The molecule has 2 aromatic rings. The summed E-state index contributed by atoms with van der Waals surface area (Å²) in [5.74, 6) is 2.18. The Kier molecular flexibility index (Phi) is 3.85. The Morgan fingerprint density at radius 3 is 2.96 bits per heavy atom. The van der Waals surface area contributed by atoms with Crippen LogP contribution in [0.15, 0.2) is 36.7 Å². The third kappa shape index (κ3) is 2.88. The molecule has 1 aromatic heterocycles. The number of hydrogen-bond donors (Lipinski definition) is 1. The Balaban J connectivity index is 1.39. The molecule has 4 nitrogen and oxygen atoms in total. The van der Waals surface area contributed by atoms with Gasteiger partial charge in [0, 0.05) is 37.0 Å². The zero-order valence-corrected chi connectivity index (χ0v) is 13.8. The second-order valence-electron chi connectivity index (χ2n) is 6.91. The Morgan fingerprint density at radius 2 is 2.22 bits per heavy atom. The number of rotatable bonds is 5. The average Bonchev–Trinajstić information content (AvgIpc) is 2.95. The molecule has 0 unspecified atom stereocenters. The van der Waals surface area contributed by atoms with Crippen molar-refractivity contribution in [1.82, 2.24) is 14.9 Å². The number of nitrogens with zero attached hydrogens (tertiary/aromatic N) is 2. The van der Waals surface area contributed by atoms with Crippen LogP contribution in [-0.2, 0) is 6.54 Å². The molecule has 1 aliphatic carbocycles. The Morgan fingerprint density at radius 1 is 1.35 bits per heavy atom. The van der Waals surface area contributed by atoms with Crippen LogP contribution < -0.4 is 10.1 Å². The molecular weight excluding hydrogens is 286 g/mol. The number of aryl methyl sites for hydroxylation is 2. The first-order valence-corrected chi connectivity index (χ1v) is 8.75. The molecule has 2 heterocycles. The standard InChI is InChI=1S/C19H25N3O/c1-15-20-11-13-22(15)12-5-10-21-17-14-19(8-4-9-19)23-18-7-3-2-6-16(17)18/h2-3,6-7,11,13,17,21H,4-5,8-10,12,14H2,1H3/t17-/m1/s1. The van der Waals surface area contributed by atoms with E-state index in [9.17, 15) is 0 Å². The van der Waals surface area contributed by atoms with Crippen LogP contribution in [0.4, 0.5) is 0 Å². The van der Waals surface area contributed by atoms with Crippen LogP contribution in [-0.4, -0.2) is 21.7 Å². The summed E-state index contributed by atoms with van der Waals surface area (Å²) < 4.78 is 8.53. The molecule has 4 rings (SSSR count). The van der Waals surface area contributed by atoms with Crippen molar-refractivity contribution in [2.45, 2.75) is 57.2 Å². The maximum Gasteiger partial charge on any atom is 0.124 e. The molecule has 1 N–H and O–H groups in total. The number of fused-ring (bicyclic) bond motifs is 1. The summed E-state index contributed by atoms with van der Waals surface area (Å²) in [4.78, 5) is 4.28. The van der Waals surface area contributed by atoms with E-state index in [1.54, 1.807) is 0 Å². The lowest BCUT2D eigenvalue weighted by atomic mass is 9.73. The summed E-state index contributed by atoms with van der Waals surface area (Å²) in [5, 5.41) is 3.77. The second kappa shape index (κ2) is 6.00. The number of benzene rings is 1. The summed E-state index contributed by atoms with van der Waals surface area (Å²) >= 11 is 0. The van der Waals surface area contributed by atoms with Gasteiger partial charge in [-0.15, -0.1) is 0 Å². The van der Waals surface area contributed by atoms with E-state index in [0.717, 1.165) is 37.5 Å². The van der Waals surface area contributed by atoms with Crippen molar-refractivity contribution in [3.63, 3.8) is 0 Å². The van der Waals surface area contributed by atoms with E-state index in [-0.39, 0.29) is 5.60 Å². The summed E-state index contributed by atoms with van der Waals surface area (Å²) in [5.41, 5.74) is 1.43. The van der Waals surface area contributed by atoms with Gasteiger partial charge in [-0.25, -0.2) is 4.98 Å². The molecule has 2 aliphatic rings. The minimum Gasteiger partial charge on any atom is -0.487 e. The molecule has 23 heavy (non-hydrogen) atoms. The van der Waals surface area contributed by atoms with E-state index < -0.39 is 0 Å². The molecule has 1 aliphatic heterocycles. The van der Waals surface area contributed by atoms with Crippen LogP contribution in [0.1, 0.15) is 49.5 Å². The number of nitrogens with one attached hydrogen (secondary N) is 1. The van der Waals surface area contributed by atoms with Crippen molar-refractivity contribution in [3.8, 4) is 5.75 Å². The molecule has 1 spiro atoms. The van der Waals surface area contributed by atoms with Gasteiger partial charge >= 0.3 is 0 Å². The van der Waals surface area contributed by atoms with Crippen molar-refractivity contribution in [2.75, 3.05) is 6.54 Å². The minimum absolute atomic E-state index is 0.104. The first-order chi connectivity index (χ1) is 11.3. The van der Waals surface area contributed by atoms with Crippen LogP contribution in [0, 0.1) is 6.92 Å². The van der Waals surface area contributed by atoms with E-state index in [1.165, 1.54) is 24.8 Å². The number of para-hydroxylation sites is 1. The van der Waals surface area contributed by atoms with E-state index in [4.69, 9.17) is 4.74 Å². The molecule has 1 aromatic carbocycles. The van der Waals surface area contributed by atoms with Crippen molar-refractivity contribution in [3.05, 3.63) is 48.0 Å². The summed E-state index contributed by atoms with van der Waals surface area (Å²) in [7, 11) is 0. The number of aromatic nitrogens is 2. The molecule has 1 fully saturated rings. The average molecular weight is 311 g/mol. The van der Waals surface area contributed by atoms with Gasteiger partial charge in [-0.1, -0.05) is 18.2 Å². The Bertz CT molecular complexity index is 675. The highest BCUT2D eigenvalue weighted by Crippen LogP contribution is 2.48. The molecule has 122 valence electrons. The van der Waals surface area contributed by atoms with Gasteiger partial charge in [0.2, 0.25) is 0 Å². The molecule has 0 amide bonds. The monoisotopic (exact) mass is 311 g/mol. The highest BCUT2D eigenvalue weighted by atomic mass is 16.5. The maximum absolute atomic E-state index is 6.31. The van der Waals surface area contributed by atoms with E-state index in [1.807, 2.05) is 6.20 Å². The topological polar surface area (TPSA) is 39.1 Å². The van der Waals surface area contributed by atoms with Crippen molar-refractivity contribution in [2.24, 2.45) is 0 Å². The van der Waals surface area contributed by atoms with Crippen molar-refractivity contribution in [1.29, 1.82) is 0 Å². The van der Waals surface area contributed by atoms with E-state index in [2.05, 4.69) is 52.3 Å². The third-order valence-electron chi connectivity index (χ3n) is 5.35. The lowest BCUT2D eigenvalue weighted by Crippen LogP contribution is -2.49. The molecule has 0 saturated heterocycles. The fourth-order valence-corrected chi connectivity index (χ4v) is 3.84. The Hall–Kier alpha value is -1.81. The van der Waals surface area contributed by atoms with Gasteiger partial charge in [0.05, 0.1) is 0 Å². The van der Waals surface area contributed by atoms with E-state index >= 15 is 0 Å². The molecular formula is C19H25N3O. The fraction of sp³-hybridized carbons (Fsp3) is 0.526. The number of hydrogen-bond acceptors (Lipinski definition) is 3. The highest BCUT2D eigenvalue weighted by molar-refractivity contribution is 5.39. The predicted molar refractivity (Wildman–Crippen MR) is 90.6 cm³/mol. The minimum atomic E-state index is 0.104. The molecule has 0 bridgehead atoms. The van der Waals surface area contributed by atoms with Crippen LogP contribution in [0.3, 0.4) is 0 Å². The first-order valence-electron chi connectivity index (χ1n) is 8.75. The van der Waals surface area contributed by atoms with Gasteiger partial charge in [-0.2, -0.15) is 0 Å². The zero-order valence-electron chi connectivity index (χ0n) is 13.8. The maximum atomic E-state index is 6.31. The van der Waals surface area contributed by atoms with Gasteiger partial charge in [0.25, 0.3) is 0 Å². The van der Waals surface area contributed by atoms with Crippen LogP contribution in [0.25, 0.3) is 0 Å². The lowest BCUT2D eigenvalue weighted by Gasteiger charge is -2.48. The Labute approximate surface area is 137 Å². The zero-order chi connectivity index (χ0) is 15.7. The van der Waals surface area contributed by atoms with Crippen LogP contribution >= 0.6 is 0 Å². The smallest absolute Gasteiger partial charge is 0.124 e. The van der Waals surface area contributed by atoms with Gasteiger partial charge in [0.1, 0.15) is 17.2 Å². The second-order valence-corrected chi connectivity index (χ2v) is 6.91. The molecule has 4 heteroatoms. The molecule has 0 radical (unpaired) electrons. The number of imidazole rings is 1. The number of ether oxygens (including phenoxy) is 1. The highest BCUT2D eigenvalue weighted by Gasteiger charge is 2.45. The predicted octanol–water partition coefficient (Wildman–Crippen LogP) is 3.62. The van der Waals surface area contributed by atoms with Crippen molar-refractivity contribution < 1.29 is 4.74 Å². The van der Waals surface area contributed by atoms with Crippen molar-refractivity contribution >= 4 is 0 Å².